The van der Waals surface area contributed by atoms with Gasteiger partial charge in [-0.05, 0) is 18.9 Å². The first-order valence-corrected chi connectivity index (χ1v) is 4.60. The average Bonchev–Trinajstić information content (AvgIpc) is 2.68. The quantitative estimate of drug-likeness (QED) is 0.620. The molecule has 0 fully saturated rings. The van der Waals surface area contributed by atoms with Crippen LogP contribution in [0.25, 0.3) is 0 Å². The summed E-state index contributed by atoms with van der Waals surface area (Å²) in [5.74, 6) is -0.280. The van der Waals surface area contributed by atoms with Crippen molar-refractivity contribution < 1.29 is 4.39 Å². The van der Waals surface area contributed by atoms with Gasteiger partial charge in [-0.15, -0.1) is 0 Å². The second-order valence-corrected chi connectivity index (χ2v) is 3.55. The Labute approximate surface area is 82.5 Å². The van der Waals surface area contributed by atoms with Crippen LogP contribution in [0.2, 0.25) is 0 Å². The van der Waals surface area contributed by atoms with Gasteiger partial charge in [0.05, 0.1) is 11.5 Å². The van der Waals surface area contributed by atoms with Gasteiger partial charge in [0.25, 0.3) is 0 Å². The van der Waals surface area contributed by atoms with E-state index in [2.05, 4.69) is 6.07 Å². The molecule has 0 bridgehead atoms. The molecule has 0 radical (unpaired) electrons. The van der Waals surface area contributed by atoms with Gasteiger partial charge in [0.15, 0.2) is 0 Å². The average molecular weight is 187 g/mol. The van der Waals surface area contributed by atoms with E-state index in [9.17, 15) is 4.39 Å². The second-order valence-electron chi connectivity index (χ2n) is 3.55. The van der Waals surface area contributed by atoms with Crippen LogP contribution < -0.4 is 0 Å². The Morgan fingerprint density at radius 3 is 2.43 bits per heavy atom. The minimum atomic E-state index is -0.661. The highest BCUT2D eigenvalue weighted by atomic mass is 19.1. The van der Waals surface area contributed by atoms with Gasteiger partial charge in [-0.1, -0.05) is 30.4 Å². The summed E-state index contributed by atoms with van der Waals surface area (Å²) in [6.07, 6.45) is 5.11. The predicted octanol–water partition coefficient (Wildman–Crippen LogP) is 2.94. The maximum Gasteiger partial charge on any atom is 0.128 e. The Kier molecular flexibility index (Phi) is 2.09. The monoisotopic (exact) mass is 187 g/mol. The molecule has 0 unspecified atom stereocenters. The van der Waals surface area contributed by atoms with Crippen LogP contribution in [0.15, 0.2) is 36.4 Å². The largest absolute Gasteiger partial charge is 0.207 e. The fraction of sp³-hybridized carbons (Fsp3) is 0.250. The number of nitrogens with zero attached hydrogens (tertiary/aromatic N) is 1. The van der Waals surface area contributed by atoms with Crippen molar-refractivity contribution in [3.63, 3.8) is 0 Å². The van der Waals surface area contributed by atoms with E-state index in [1.165, 1.54) is 6.07 Å². The summed E-state index contributed by atoms with van der Waals surface area (Å²) in [5.41, 5.74) is -0.141. The molecule has 0 amide bonds. The van der Waals surface area contributed by atoms with Crippen LogP contribution in [0.1, 0.15) is 18.4 Å². The molecule has 1 aliphatic carbocycles. The summed E-state index contributed by atoms with van der Waals surface area (Å²) in [7, 11) is 0. The van der Waals surface area contributed by atoms with Crippen molar-refractivity contribution in [3.05, 3.63) is 47.8 Å². The molecule has 0 atom stereocenters. The molecule has 2 rings (SSSR count). The maximum absolute atomic E-state index is 13.5. The molecule has 0 N–H and O–H groups in total. The standard InChI is InChI=1S/C12H10FN/c13-11-6-2-1-5-10(11)12(9-14)7-3-4-8-12/h1-6H,7-8H2. The minimum Gasteiger partial charge on any atom is -0.207 e. The van der Waals surface area contributed by atoms with Gasteiger partial charge in [0, 0.05) is 5.56 Å². The first-order chi connectivity index (χ1) is 6.78. The van der Waals surface area contributed by atoms with Crippen molar-refractivity contribution in [2.45, 2.75) is 18.3 Å². The Hall–Kier alpha value is -1.62. The third-order valence-corrected chi connectivity index (χ3v) is 2.70. The summed E-state index contributed by atoms with van der Waals surface area (Å²) in [4.78, 5) is 0. The molecule has 1 aliphatic rings. The number of allylic oxidation sites excluding steroid dienone is 2. The van der Waals surface area contributed by atoms with Gasteiger partial charge in [-0.25, -0.2) is 4.39 Å². The third-order valence-electron chi connectivity index (χ3n) is 2.70. The lowest BCUT2D eigenvalue weighted by Crippen LogP contribution is -2.21. The summed E-state index contributed by atoms with van der Waals surface area (Å²) in [6, 6.07) is 8.76. The highest BCUT2D eigenvalue weighted by molar-refractivity contribution is 5.37. The van der Waals surface area contributed by atoms with Crippen molar-refractivity contribution in [2.75, 3.05) is 0 Å². The molecule has 1 aromatic rings. The number of benzene rings is 1. The fourth-order valence-corrected chi connectivity index (χ4v) is 1.87. The van der Waals surface area contributed by atoms with Gasteiger partial charge < -0.3 is 0 Å². The summed E-state index contributed by atoms with van der Waals surface area (Å²) < 4.78 is 13.5. The van der Waals surface area contributed by atoms with Gasteiger partial charge >= 0.3 is 0 Å². The van der Waals surface area contributed by atoms with Crippen molar-refractivity contribution >= 4 is 0 Å². The van der Waals surface area contributed by atoms with E-state index in [1.54, 1.807) is 18.2 Å². The Morgan fingerprint density at radius 1 is 1.21 bits per heavy atom. The van der Waals surface area contributed by atoms with E-state index in [-0.39, 0.29) is 5.82 Å². The highest BCUT2D eigenvalue weighted by Crippen LogP contribution is 2.37. The molecule has 0 saturated heterocycles. The van der Waals surface area contributed by atoms with Crippen LogP contribution in [-0.4, -0.2) is 0 Å². The second kappa shape index (κ2) is 3.26. The normalized spacial score (nSPS) is 18.0. The minimum absolute atomic E-state index is 0.280. The molecule has 0 heterocycles. The van der Waals surface area contributed by atoms with E-state index in [1.807, 2.05) is 12.2 Å². The molecular weight excluding hydrogens is 177 g/mol. The van der Waals surface area contributed by atoms with Crippen molar-refractivity contribution in [2.24, 2.45) is 0 Å². The number of hydrogen-bond acceptors (Lipinski definition) is 1. The SMILES string of the molecule is N#CC1(c2ccccc2F)CC=CC1. The third kappa shape index (κ3) is 1.22. The Morgan fingerprint density at radius 2 is 1.86 bits per heavy atom. The van der Waals surface area contributed by atoms with Crippen LogP contribution in [-0.2, 0) is 5.41 Å². The topological polar surface area (TPSA) is 23.8 Å². The first kappa shape index (κ1) is 8.96. The molecule has 1 nitrogen and oxygen atoms in total. The van der Waals surface area contributed by atoms with Crippen molar-refractivity contribution in [3.8, 4) is 6.07 Å². The van der Waals surface area contributed by atoms with E-state index in [4.69, 9.17) is 5.26 Å². The van der Waals surface area contributed by atoms with Gasteiger partial charge in [0.2, 0.25) is 0 Å². The lowest BCUT2D eigenvalue weighted by molar-refractivity contribution is 0.528. The Balaban J connectivity index is 2.49. The molecule has 14 heavy (non-hydrogen) atoms. The van der Waals surface area contributed by atoms with Crippen LogP contribution in [0, 0.1) is 17.1 Å². The number of rotatable bonds is 1. The maximum atomic E-state index is 13.5. The zero-order valence-electron chi connectivity index (χ0n) is 7.70. The molecule has 0 saturated carbocycles. The van der Waals surface area contributed by atoms with E-state index >= 15 is 0 Å². The molecule has 1 aromatic carbocycles. The fourth-order valence-electron chi connectivity index (χ4n) is 1.87. The lowest BCUT2D eigenvalue weighted by Gasteiger charge is -2.21. The van der Waals surface area contributed by atoms with Gasteiger partial charge in [-0.2, -0.15) is 5.26 Å². The molecule has 0 spiro atoms. The van der Waals surface area contributed by atoms with Crippen LogP contribution in [0.3, 0.4) is 0 Å². The highest BCUT2D eigenvalue weighted by Gasteiger charge is 2.35. The van der Waals surface area contributed by atoms with Gasteiger partial charge in [0.1, 0.15) is 5.82 Å². The van der Waals surface area contributed by atoms with Gasteiger partial charge in [-0.3, -0.25) is 0 Å². The van der Waals surface area contributed by atoms with E-state index in [0.29, 0.717) is 18.4 Å². The van der Waals surface area contributed by atoms with E-state index < -0.39 is 5.41 Å². The van der Waals surface area contributed by atoms with Crippen LogP contribution in [0.5, 0.6) is 0 Å². The summed E-state index contributed by atoms with van der Waals surface area (Å²) in [6.45, 7) is 0. The van der Waals surface area contributed by atoms with Crippen LogP contribution in [0.4, 0.5) is 4.39 Å². The molecular formula is C12H10FN. The number of hydrogen-bond donors (Lipinski definition) is 0. The summed E-state index contributed by atoms with van der Waals surface area (Å²) >= 11 is 0. The number of halogens is 1. The van der Waals surface area contributed by atoms with Crippen molar-refractivity contribution in [1.29, 1.82) is 5.26 Å². The predicted molar refractivity (Wildman–Crippen MR) is 52.1 cm³/mol. The number of nitriles is 1. The zero-order valence-corrected chi connectivity index (χ0v) is 7.70. The molecule has 2 heteroatoms. The molecule has 70 valence electrons. The molecule has 0 aromatic heterocycles. The molecule has 0 aliphatic heterocycles. The van der Waals surface area contributed by atoms with E-state index in [0.717, 1.165) is 0 Å². The smallest absolute Gasteiger partial charge is 0.128 e. The first-order valence-electron chi connectivity index (χ1n) is 4.60. The van der Waals surface area contributed by atoms with Crippen LogP contribution >= 0.6 is 0 Å². The Bertz CT molecular complexity index is 407. The lowest BCUT2D eigenvalue weighted by atomic mass is 9.79. The van der Waals surface area contributed by atoms with Crippen molar-refractivity contribution in [1.82, 2.24) is 0 Å². The summed E-state index contributed by atoms with van der Waals surface area (Å²) in [5, 5.41) is 9.14. The zero-order chi connectivity index (χ0) is 10.0.